The van der Waals surface area contributed by atoms with E-state index in [0.29, 0.717) is 25.3 Å². The van der Waals surface area contributed by atoms with Crippen LogP contribution >= 0.6 is 0 Å². The molecule has 2 atom stereocenters. The Morgan fingerprint density at radius 2 is 2.16 bits per heavy atom. The van der Waals surface area contributed by atoms with E-state index in [2.05, 4.69) is 10.6 Å². The Morgan fingerprint density at radius 3 is 2.76 bits per heavy atom. The fourth-order valence-corrected chi connectivity index (χ4v) is 2.89. The highest BCUT2D eigenvalue weighted by molar-refractivity contribution is 6.02. The molecule has 1 aromatic rings. The quantitative estimate of drug-likeness (QED) is 0.549. The summed E-state index contributed by atoms with van der Waals surface area (Å²) in [7, 11) is 0. The average molecular weight is 351 g/mol. The highest BCUT2D eigenvalue weighted by atomic mass is 19.1. The number of carbonyl (C=O) groups is 2. The van der Waals surface area contributed by atoms with E-state index in [1.165, 1.54) is 0 Å². The van der Waals surface area contributed by atoms with Crippen LogP contribution in [0.5, 0.6) is 0 Å². The second kappa shape index (κ2) is 8.15. The van der Waals surface area contributed by atoms with Crippen LogP contribution in [0, 0.1) is 5.92 Å². The maximum Gasteiger partial charge on any atom is 0.254 e. The topological polar surface area (TPSA) is 113 Å². The van der Waals surface area contributed by atoms with E-state index in [-0.39, 0.29) is 17.5 Å². The molecule has 1 saturated heterocycles. The molecule has 1 heterocycles. The minimum absolute atomic E-state index is 0.135. The predicted octanol–water partition coefficient (Wildman–Crippen LogP) is 0.256. The van der Waals surface area contributed by atoms with Crippen LogP contribution in [0.1, 0.15) is 24.2 Å². The maximum absolute atomic E-state index is 12.9. The van der Waals surface area contributed by atoms with Gasteiger partial charge in [-0.2, -0.15) is 0 Å². The minimum Gasteiger partial charge on any atom is -0.398 e. The van der Waals surface area contributed by atoms with Crippen molar-refractivity contribution in [3.63, 3.8) is 0 Å². The number of primary amides is 1. The van der Waals surface area contributed by atoms with Crippen molar-refractivity contribution in [2.45, 2.75) is 25.9 Å². The number of piperazine rings is 1. The molecule has 138 valence electrons. The molecule has 1 fully saturated rings. The Morgan fingerprint density at radius 1 is 1.44 bits per heavy atom. The first kappa shape index (κ1) is 19.0. The molecule has 1 aromatic carbocycles. The number of nitrogen functional groups attached to an aromatic ring is 1. The molecule has 0 aromatic heterocycles. The van der Waals surface area contributed by atoms with Crippen molar-refractivity contribution >= 4 is 23.2 Å². The zero-order chi connectivity index (χ0) is 18.6. The first-order valence-electron chi connectivity index (χ1n) is 8.37. The molecule has 7 nitrogen and oxygen atoms in total. The summed E-state index contributed by atoms with van der Waals surface area (Å²) in [5.74, 6) is -1.18. The largest absolute Gasteiger partial charge is 0.398 e. The molecule has 25 heavy (non-hydrogen) atoms. The van der Waals surface area contributed by atoms with Gasteiger partial charge in [0.15, 0.2) is 0 Å². The zero-order valence-electron chi connectivity index (χ0n) is 14.6. The van der Waals surface area contributed by atoms with Crippen LogP contribution in [0.15, 0.2) is 18.2 Å². The van der Waals surface area contributed by atoms with Gasteiger partial charge in [0.05, 0.1) is 11.6 Å². The smallest absolute Gasteiger partial charge is 0.254 e. The Labute approximate surface area is 146 Å². The van der Waals surface area contributed by atoms with Gasteiger partial charge in [-0.25, -0.2) is 4.39 Å². The third-order valence-electron chi connectivity index (χ3n) is 4.35. The van der Waals surface area contributed by atoms with Crippen molar-refractivity contribution < 1.29 is 14.0 Å². The molecule has 0 saturated carbocycles. The maximum atomic E-state index is 12.9. The average Bonchev–Trinajstić information content (AvgIpc) is 2.59. The summed E-state index contributed by atoms with van der Waals surface area (Å²) in [6, 6.07) is 4.12. The van der Waals surface area contributed by atoms with Crippen molar-refractivity contribution in [2.24, 2.45) is 11.7 Å². The lowest BCUT2D eigenvalue weighted by Crippen LogP contribution is -2.51. The number of carbonyl (C=O) groups excluding carboxylic acids is 2. The van der Waals surface area contributed by atoms with E-state index in [1.54, 1.807) is 32.0 Å². The number of hydrogen-bond donors (Lipinski definition) is 4. The molecular weight excluding hydrogens is 325 g/mol. The summed E-state index contributed by atoms with van der Waals surface area (Å²) in [5, 5.41) is 5.74. The van der Waals surface area contributed by atoms with Gasteiger partial charge < -0.3 is 27.0 Å². The highest BCUT2D eigenvalue weighted by Crippen LogP contribution is 2.23. The molecule has 0 bridgehead atoms. The van der Waals surface area contributed by atoms with Gasteiger partial charge in [-0.15, -0.1) is 0 Å². The Kier molecular flexibility index (Phi) is 6.19. The van der Waals surface area contributed by atoms with Gasteiger partial charge in [0, 0.05) is 31.0 Å². The molecule has 0 aliphatic carbocycles. The van der Waals surface area contributed by atoms with Crippen LogP contribution in [0.4, 0.5) is 15.8 Å². The van der Waals surface area contributed by atoms with E-state index in [0.717, 1.165) is 5.69 Å². The fraction of sp³-hybridized carbons (Fsp3) is 0.529. The van der Waals surface area contributed by atoms with Crippen molar-refractivity contribution in [2.75, 3.05) is 36.9 Å². The number of rotatable bonds is 6. The van der Waals surface area contributed by atoms with Crippen molar-refractivity contribution in [3.8, 4) is 0 Å². The van der Waals surface area contributed by atoms with E-state index in [1.807, 2.05) is 4.90 Å². The Bertz CT molecular complexity index is 637. The van der Waals surface area contributed by atoms with Gasteiger partial charge in [-0.3, -0.25) is 9.59 Å². The predicted molar refractivity (Wildman–Crippen MR) is 96.1 cm³/mol. The number of amides is 2. The third kappa shape index (κ3) is 4.60. The van der Waals surface area contributed by atoms with Gasteiger partial charge in [-0.05, 0) is 24.1 Å². The molecule has 2 unspecified atom stereocenters. The van der Waals surface area contributed by atoms with E-state index >= 15 is 0 Å². The van der Waals surface area contributed by atoms with Crippen LogP contribution in [-0.2, 0) is 4.79 Å². The van der Waals surface area contributed by atoms with Crippen LogP contribution in [0.3, 0.4) is 0 Å². The summed E-state index contributed by atoms with van der Waals surface area (Å²) in [6.45, 7) is 5.03. The SMILES string of the molecule is CC(C)C(NC(=O)c1cc(N2CCNC(CF)C2)ccc1N)C(N)=O. The van der Waals surface area contributed by atoms with Gasteiger partial charge in [0.25, 0.3) is 5.91 Å². The van der Waals surface area contributed by atoms with E-state index < -0.39 is 24.5 Å². The molecular formula is C17H26FN5O2. The monoisotopic (exact) mass is 351 g/mol. The summed E-state index contributed by atoms with van der Waals surface area (Å²) >= 11 is 0. The van der Waals surface area contributed by atoms with Crippen LogP contribution in [-0.4, -0.2) is 50.2 Å². The van der Waals surface area contributed by atoms with Gasteiger partial charge >= 0.3 is 0 Å². The van der Waals surface area contributed by atoms with Gasteiger partial charge in [0.2, 0.25) is 5.91 Å². The number of nitrogens with two attached hydrogens (primary N) is 2. The highest BCUT2D eigenvalue weighted by Gasteiger charge is 2.24. The molecule has 8 heteroatoms. The lowest BCUT2D eigenvalue weighted by atomic mass is 10.0. The summed E-state index contributed by atoms with van der Waals surface area (Å²) < 4.78 is 12.9. The third-order valence-corrected chi connectivity index (χ3v) is 4.35. The summed E-state index contributed by atoms with van der Waals surface area (Å²) in [6.07, 6.45) is 0. The molecule has 0 spiro atoms. The molecule has 6 N–H and O–H groups in total. The lowest BCUT2D eigenvalue weighted by Gasteiger charge is -2.34. The number of nitrogens with one attached hydrogen (secondary N) is 2. The van der Waals surface area contributed by atoms with Crippen LogP contribution in [0.25, 0.3) is 0 Å². The van der Waals surface area contributed by atoms with Crippen LogP contribution < -0.4 is 27.0 Å². The molecule has 2 rings (SSSR count). The van der Waals surface area contributed by atoms with Crippen molar-refractivity contribution in [1.29, 1.82) is 0 Å². The summed E-state index contributed by atoms with van der Waals surface area (Å²) in [4.78, 5) is 26.1. The molecule has 1 aliphatic heterocycles. The number of benzene rings is 1. The second-order valence-corrected chi connectivity index (χ2v) is 6.62. The lowest BCUT2D eigenvalue weighted by molar-refractivity contribution is -0.120. The number of nitrogens with zero attached hydrogens (tertiary/aromatic N) is 1. The Balaban J connectivity index is 2.20. The van der Waals surface area contributed by atoms with E-state index in [4.69, 9.17) is 11.5 Å². The fourth-order valence-electron chi connectivity index (χ4n) is 2.89. The van der Waals surface area contributed by atoms with Crippen LogP contribution in [0.2, 0.25) is 0 Å². The molecule has 0 radical (unpaired) electrons. The minimum atomic E-state index is -0.773. The molecule has 1 aliphatic rings. The summed E-state index contributed by atoms with van der Waals surface area (Å²) in [5.41, 5.74) is 12.7. The molecule has 2 amide bonds. The first-order chi connectivity index (χ1) is 11.8. The first-order valence-corrected chi connectivity index (χ1v) is 8.37. The van der Waals surface area contributed by atoms with Gasteiger partial charge in [-0.1, -0.05) is 13.8 Å². The zero-order valence-corrected chi connectivity index (χ0v) is 14.6. The Hall–Kier alpha value is -2.35. The number of anilines is 2. The second-order valence-electron chi connectivity index (χ2n) is 6.62. The van der Waals surface area contributed by atoms with Crippen molar-refractivity contribution in [3.05, 3.63) is 23.8 Å². The standard InChI is InChI=1S/C17H26FN5O2/c1-10(2)15(16(20)24)22-17(25)13-7-12(3-4-14(13)19)23-6-5-21-11(8-18)9-23/h3-4,7,10-11,15,21H,5-6,8-9,19H2,1-2H3,(H2,20,24)(H,22,25). The number of hydrogen-bond acceptors (Lipinski definition) is 5. The van der Waals surface area contributed by atoms with Gasteiger partial charge in [0.1, 0.15) is 12.7 Å². The van der Waals surface area contributed by atoms with E-state index in [9.17, 15) is 14.0 Å². The van der Waals surface area contributed by atoms with Crippen molar-refractivity contribution in [1.82, 2.24) is 10.6 Å². The normalized spacial score (nSPS) is 18.9. The number of alkyl halides is 1. The number of halogens is 1.